The molecule has 0 bridgehead atoms. The van der Waals surface area contributed by atoms with Gasteiger partial charge >= 0.3 is 0 Å². The fourth-order valence-electron chi connectivity index (χ4n) is 2.04. The van der Waals surface area contributed by atoms with Gasteiger partial charge in [0.2, 0.25) is 0 Å². The molecule has 0 amide bonds. The summed E-state index contributed by atoms with van der Waals surface area (Å²) in [6, 6.07) is 15.0. The van der Waals surface area contributed by atoms with Crippen molar-refractivity contribution in [3.05, 3.63) is 65.7 Å². The van der Waals surface area contributed by atoms with Crippen molar-refractivity contribution in [1.82, 2.24) is 0 Å². The topological polar surface area (TPSA) is 35.5 Å². The number of ether oxygens (including phenoxy) is 2. The quantitative estimate of drug-likeness (QED) is 0.562. The molecule has 0 aliphatic rings. The van der Waals surface area contributed by atoms with Crippen molar-refractivity contribution in [1.29, 1.82) is 0 Å². The van der Waals surface area contributed by atoms with Crippen LogP contribution in [0, 0.1) is 0 Å². The van der Waals surface area contributed by atoms with Crippen molar-refractivity contribution in [3.8, 4) is 11.5 Å². The van der Waals surface area contributed by atoms with Gasteiger partial charge in [-0.05, 0) is 43.7 Å². The number of ketones is 1. The van der Waals surface area contributed by atoms with Gasteiger partial charge in [-0.2, -0.15) is 0 Å². The van der Waals surface area contributed by atoms with Crippen LogP contribution in [-0.2, 0) is 0 Å². The summed E-state index contributed by atoms with van der Waals surface area (Å²) in [7, 11) is 0. The zero-order chi connectivity index (χ0) is 15.8. The highest BCUT2D eigenvalue weighted by atomic mass is 16.5. The first-order chi connectivity index (χ1) is 10.7. The predicted molar refractivity (Wildman–Crippen MR) is 88.6 cm³/mol. The van der Waals surface area contributed by atoms with Crippen molar-refractivity contribution in [2.45, 2.75) is 13.8 Å². The second-order valence-corrected chi connectivity index (χ2v) is 4.64. The number of hydrogen-bond donors (Lipinski definition) is 0. The summed E-state index contributed by atoms with van der Waals surface area (Å²) in [5.41, 5.74) is 1.57. The fraction of sp³-hybridized carbons (Fsp3) is 0.211. The van der Waals surface area contributed by atoms with E-state index in [9.17, 15) is 4.79 Å². The second-order valence-electron chi connectivity index (χ2n) is 4.64. The molecule has 0 saturated heterocycles. The molecular formula is C19H20O3. The van der Waals surface area contributed by atoms with Gasteiger partial charge in [-0.3, -0.25) is 4.79 Å². The Bertz CT molecular complexity index is 645. The molecule has 0 spiro atoms. The lowest BCUT2D eigenvalue weighted by molar-refractivity contribution is 0.104. The van der Waals surface area contributed by atoms with Crippen LogP contribution in [0.5, 0.6) is 11.5 Å². The van der Waals surface area contributed by atoms with Crippen molar-refractivity contribution >= 4 is 11.9 Å². The minimum atomic E-state index is -0.0622. The van der Waals surface area contributed by atoms with E-state index in [0.29, 0.717) is 30.3 Å². The summed E-state index contributed by atoms with van der Waals surface area (Å²) in [5.74, 6) is 1.20. The zero-order valence-electron chi connectivity index (χ0n) is 12.9. The molecule has 0 aliphatic carbocycles. The summed E-state index contributed by atoms with van der Waals surface area (Å²) < 4.78 is 11.0. The Hall–Kier alpha value is -2.55. The van der Waals surface area contributed by atoms with Crippen LogP contribution in [0.1, 0.15) is 29.8 Å². The highest BCUT2D eigenvalue weighted by Crippen LogP contribution is 2.28. The lowest BCUT2D eigenvalue weighted by Gasteiger charge is -2.11. The number of benzene rings is 2. The van der Waals surface area contributed by atoms with E-state index < -0.39 is 0 Å². The molecule has 0 saturated carbocycles. The number of carbonyl (C=O) groups excluding carboxylic acids is 1. The number of hydrogen-bond acceptors (Lipinski definition) is 3. The molecule has 0 radical (unpaired) electrons. The summed E-state index contributed by atoms with van der Waals surface area (Å²) in [6.07, 6.45) is 3.37. The molecule has 0 aromatic heterocycles. The number of rotatable bonds is 7. The predicted octanol–water partition coefficient (Wildman–Crippen LogP) is 4.38. The Morgan fingerprint density at radius 2 is 1.64 bits per heavy atom. The maximum Gasteiger partial charge on any atom is 0.185 e. The van der Waals surface area contributed by atoms with Crippen LogP contribution < -0.4 is 9.47 Å². The first kappa shape index (κ1) is 15.8. The summed E-state index contributed by atoms with van der Waals surface area (Å²) in [5, 5.41) is 0. The minimum absolute atomic E-state index is 0.0622. The van der Waals surface area contributed by atoms with E-state index in [1.807, 2.05) is 44.2 Å². The molecule has 0 unspecified atom stereocenters. The van der Waals surface area contributed by atoms with E-state index in [1.165, 1.54) is 0 Å². The van der Waals surface area contributed by atoms with Gasteiger partial charge < -0.3 is 9.47 Å². The van der Waals surface area contributed by atoms with E-state index in [-0.39, 0.29) is 5.78 Å². The zero-order valence-corrected chi connectivity index (χ0v) is 12.9. The molecule has 0 atom stereocenters. The Morgan fingerprint density at radius 3 is 2.32 bits per heavy atom. The van der Waals surface area contributed by atoms with E-state index in [0.717, 1.165) is 5.56 Å². The maximum atomic E-state index is 12.3. The highest BCUT2D eigenvalue weighted by molar-refractivity contribution is 6.07. The van der Waals surface area contributed by atoms with Gasteiger partial charge in [0.25, 0.3) is 0 Å². The van der Waals surface area contributed by atoms with Crippen LogP contribution in [0.25, 0.3) is 6.08 Å². The first-order valence-corrected chi connectivity index (χ1v) is 7.41. The third-order valence-electron chi connectivity index (χ3n) is 3.05. The molecule has 22 heavy (non-hydrogen) atoms. The average molecular weight is 296 g/mol. The van der Waals surface area contributed by atoms with Crippen molar-refractivity contribution < 1.29 is 14.3 Å². The lowest BCUT2D eigenvalue weighted by atomic mass is 10.1. The van der Waals surface area contributed by atoms with Gasteiger partial charge in [0.1, 0.15) is 0 Å². The summed E-state index contributed by atoms with van der Waals surface area (Å²) in [6.45, 7) is 4.90. The van der Waals surface area contributed by atoms with Gasteiger partial charge in [0.15, 0.2) is 17.3 Å². The molecule has 2 rings (SSSR count). The summed E-state index contributed by atoms with van der Waals surface area (Å²) in [4.78, 5) is 12.3. The largest absolute Gasteiger partial charge is 0.490 e. The Labute approximate surface area is 131 Å². The van der Waals surface area contributed by atoms with Crippen LogP contribution in [0.15, 0.2) is 54.6 Å². The molecule has 3 heteroatoms. The molecule has 2 aromatic carbocycles. The number of allylic oxidation sites excluding steroid dienone is 1. The standard InChI is InChI=1S/C19H20O3/c1-3-21-18-13-11-16(14-19(18)22-4-2)17(20)12-10-15-8-6-5-7-9-15/h5-14H,3-4H2,1-2H3. The van der Waals surface area contributed by atoms with E-state index in [2.05, 4.69) is 0 Å². The molecule has 2 aromatic rings. The van der Waals surface area contributed by atoms with Crippen molar-refractivity contribution in [2.24, 2.45) is 0 Å². The monoisotopic (exact) mass is 296 g/mol. The SMILES string of the molecule is CCOc1ccc(C(=O)C=Cc2ccccc2)cc1OCC. The Balaban J connectivity index is 2.19. The molecule has 0 fully saturated rings. The van der Waals surface area contributed by atoms with Gasteiger partial charge in [-0.1, -0.05) is 36.4 Å². The third kappa shape index (κ3) is 4.22. The van der Waals surface area contributed by atoms with Crippen LogP contribution in [0.2, 0.25) is 0 Å². The van der Waals surface area contributed by atoms with Crippen LogP contribution in [-0.4, -0.2) is 19.0 Å². The normalized spacial score (nSPS) is 10.6. The summed E-state index contributed by atoms with van der Waals surface area (Å²) >= 11 is 0. The van der Waals surface area contributed by atoms with Crippen molar-refractivity contribution in [2.75, 3.05) is 13.2 Å². The van der Waals surface area contributed by atoms with E-state index in [4.69, 9.17) is 9.47 Å². The highest BCUT2D eigenvalue weighted by Gasteiger charge is 2.09. The molecule has 0 aliphatic heterocycles. The van der Waals surface area contributed by atoms with Gasteiger partial charge in [0.05, 0.1) is 13.2 Å². The van der Waals surface area contributed by atoms with E-state index in [1.54, 1.807) is 30.4 Å². The first-order valence-electron chi connectivity index (χ1n) is 7.41. The van der Waals surface area contributed by atoms with Crippen LogP contribution in [0.4, 0.5) is 0 Å². The van der Waals surface area contributed by atoms with E-state index >= 15 is 0 Å². The Morgan fingerprint density at radius 1 is 0.955 bits per heavy atom. The molecule has 114 valence electrons. The van der Waals surface area contributed by atoms with Crippen LogP contribution >= 0.6 is 0 Å². The lowest BCUT2D eigenvalue weighted by Crippen LogP contribution is -2.01. The van der Waals surface area contributed by atoms with Gasteiger partial charge in [-0.25, -0.2) is 0 Å². The van der Waals surface area contributed by atoms with Crippen LogP contribution in [0.3, 0.4) is 0 Å². The van der Waals surface area contributed by atoms with Gasteiger partial charge in [-0.15, -0.1) is 0 Å². The second kappa shape index (κ2) is 8.03. The maximum absolute atomic E-state index is 12.3. The molecular weight excluding hydrogens is 276 g/mol. The fourth-order valence-corrected chi connectivity index (χ4v) is 2.04. The molecule has 0 N–H and O–H groups in total. The molecule has 0 heterocycles. The number of carbonyl (C=O) groups is 1. The average Bonchev–Trinajstić information content (AvgIpc) is 2.55. The Kier molecular flexibility index (Phi) is 5.78. The minimum Gasteiger partial charge on any atom is -0.490 e. The third-order valence-corrected chi connectivity index (χ3v) is 3.05. The van der Waals surface area contributed by atoms with Gasteiger partial charge in [0, 0.05) is 5.56 Å². The molecule has 3 nitrogen and oxygen atoms in total. The van der Waals surface area contributed by atoms with Crippen molar-refractivity contribution in [3.63, 3.8) is 0 Å². The smallest absolute Gasteiger partial charge is 0.185 e.